The summed E-state index contributed by atoms with van der Waals surface area (Å²) in [6.07, 6.45) is -2.06. The molecule has 23 heteroatoms. The molecule has 0 bridgehead atoms. The number of aliphatic hydroxyl groups is 3. The van der Waals surface area contributed by atoms with Crippen LogP contribution in [0.2, 0.25) is 0 Å². The van der Waals surface area contributed by atoms with E-state index < -0.39 is 121 Å². The maximum absolute atomic E-state index is 13.9. The van der Waals surface area contributed by atoms with Gasteiger partial charge in [0.05, 0.1) is 25.4 Å². The number of nitrogens with two attached hydrogens (primary N) is 2. The number of aliphatic carboxylic acids is 1. The van der Waals surface area contributed by atoms with Gasteiger partial charge in [-0.2, -0.15) is 0 Å². The minimum absolute atomic E-state index is 0.0246. The Balaban J connectivity index is 6.11. The van der Waals surface area contributed by atoms with Crippen LogP contribution in [0.1, 0.15) is 81.1 Å². The summed E-state index contributed by atoms with van der Waals surface area (Å²) in [5.41, 5.74) is 11.3. The van der Waals surface area contributed by atoms with Crippen LogP contribution in [0.4, 0.5) is 0 Å². The second-order valence-electron chi connectivity index (χ2n) is 15.2. The molecule has 59 heavy (non-hydrogen) atoms. The minimum Gasteiger partial charge on any atom is -0.480 e. The van der Waals surface area contributed by atoms with Crippen LogP contribution in [0.25, 0.3) is 0 Å². The number of guanidine groups is 1. The van der Waals surface area contributed by atoms with E-state index in [-0.39, 0.29) is 43.6 Å². The lowest BCUT2D eigenvalue weighted by molar-refractivity contribution is -0.143. The summed E-state index contributed by atoms with van der Waals surface area (Å²) < 4.78 is 0. The summed E-state index contributed by atoms with van der Waals surface area (Å²) in [6.45, 7) is 11.3. The second-order valence-corrected chi connectivity index (χ2v) is 15.2. The van der Waals surface area contributed by atoms with E-state index in [4.69, 9.17) is 27.1 Å². The van der Waals surface area contributed by atoms with Crippen molar-refractivity contribution >= 4 is 53.3 Å². The fraction of sp³-hybridized carbons (Fsp3) is 0.750. The maximum atomic E-state index is 13.9. The summed E-state index contributed by atoms with van der Waals surface area (Å²) in [5.74, 6) is -8.95. The molecule has 17 N–H and O–H groups in total. The van der Waals surface area contributed by atoms with Gasteiger partial charge in [-0.05, 0) is 50.9 Å². The minimum atomic E-state index is -1.64. The van der Waals surface area contributed by atoms with Gasteiger partial charge in [0.1, 0.15) is 42.3 Å². The predicted molar refractivity (Wildman–Crippen MR) is 214 cm³/mol. The fourth-order valence-electron chi connectivity index (χ4n) is 5.33. The van der Waals surface area contributed by atoms with Crippen molar-refractivity contribution < 1.29 is 58.8 Å². The molecule has 338 valence electrons. The summed E-state index contributed by atoms with van der Waals surface area (Å²) in [6, 6.07) is -9.67. The van der Waals surface area contributed by atoms with Gasteiger partial charge in [-0.15, -0.1) is 0 Å². The van der Waals surface area contributed by atoms with Crippen LogP contribution in [0.15, 0.2) is 0 Å². The Morgan fingerprint density at radius 2 is 1.22 bits per heavy atom. The third kappa shape index (κ3) is 19.9. The van der Waals surface area contributed by atoms with Crippen LogP contribution in [0, 0.1) is 23.2 Å². The monoisotopic (exact) mass is 845 g/mol. The van der Waals surface area contributed by atoms with Crippen molar-refractivity contribution in [2.45, 2.75) is 136 Å². The van der Waals surface area contributed by atoms with Crippen molar-refractivity contribution in [3.05, 3.63) is 0 Å². The second kappa shape index (κ2) is 26.8. The van der Waals surface area contributed by atoms with Gasteiger partial charge in [0.2, 0.25) is 41.4 Å². The highest BCUT2D eigenvalue weighted by molar-refractivity contribution is 5.97. The number of aliphatic hydroxyl groups excluding tert-OH is 3. The third-order valence-corrected chi connectivity index (χ3v) is 9.16. The summed E-state index contributed by atoms with van der Waals surface area (Å²) in [5, 5.41) is 65.6. The normalized spacial score (nSPS) is 16.3. The Bertz CT molecular complexity index is 1450. The van der Waals surface area contributed by atoms with E-state index in [1.807, 2.05) is 5.32 Å². The van der Waals surface area contributed by atoms with Gasteiger partial charge >= 0.3 is 5.97 Å². The Kier molecular flexibility index (Phi) is 24.5. The molecule has 0 saturated carbocycles. The molecule has 0 saturated heterocycles. The number of hydrogen-bond acceptors (Lipinski definition) is 13. The molecule has 10 atom stereocenters. The van der Waals surface area contributed by atoms with Gasteiger partial charge in [-0.1, -0.05) is 48.0 Å². The SMILES string of the molecule is CC[C@H](C)[C@H](NC(=O)[C@@H](CCCNC(=N)N)NC(=O)[C@H](CC(C)C)NC(=O)[C@@H](N)[C@H](O)C(C)C)C(=O)N[C@H](C(=O)NCC(=O)N[C@@H](C)C(=O)N[C@@H](CO)C(=O)O)[C@H](C)O. The number of rotatable bonds is 27. The molecule has 0 aliphatic carbocycles. The molecular formula is C36H67N11O12. The summed E-state index contributed by atoms with van der Waals surface area (Å²) in [7, 11) is 0. The van der Waals surface area contributed by atoms with Crippen molar-refractivity contribution in [2.75, 3.05) is 19.7 Å². The van der Waals surface area contributed by atoms with Crippen LogP contribution in [-0.2, 0) is 38.4 Å². The molecule has 0 heterocycles. The molecule has 0 aromatic rings. The largest absolute Gasteiger partial charge is 0.480 e. The van der Waals surface area contributed by atoms with Crippen LogP contribution >= 0.6 is 0 Å². The first-order valence-corrected chi connectivity index (χ1v) is 19.5. The Hall–Kier alpha value is -5.13. The number of carbonyl (C=O) groups is 8. The zero-order valence-corrected chi connectivity index (χ0v) is 35.1. The number of carbonyl (C=O) groups excluding carboxylic acids is 7. The molecule has 0 aromatic carbocycles. The van der Waals surface area contributed by atoms with Crippen molar-refractivity contribution in [3.63, 3.8) is 0 Å². The average Bonchev–Trinajstić information content (AvgIpc) is 3.15. The van der Waals surface area contributed by atoms with Crippen molar-refractivity contribution in [3.8, 4) is 0 Å². The molecule has 0 unspecified atom stereocenters. The Morgan fingerprint density at radius 3 is 1.71 bits per heavy atom. The number of hydrogen-bond donors (Lipinski definition) is 15. The van der Waals surface area contributed by atoms with E-state index in [1.165, 1.54) is 13.8 Å². The molecule has 0 fully saturated rings. The molecule has 0 aromatic heterocycles. The van der Waals surface area contributed by atoms with Crippen LogP contribution in [0.3, 0.4) is 0 Å². The molecule has 0 aliphatic rings. The molecular weight excluding hydrogens is 778 g/mol. The Morgan fingerprint density at radius 1 is 0.678 bits per heavy atom. The highest BCUT2D eigenvalue weighted by Gasteiger charge is 2.36. The van der Waals surface area contributed by atoms with E-state index in [0.29, 0.717) is 6.42 Å². The third-order valence-electron chi connectivity index (χ3n) is 9.16. The molecule has 0 aliphatic heterocycles. The van der Waals surface area contributed by atoms with Crippen LogP contribution in [0.5, 0.6) is 0 Å². The lowest BCUT2D eigenvalue weighted by atomic mass is 9.96. The van der Waals surface area contributed by atoms with Gasteiger partial charge < -0.3 is 74.4 Å². The predicted octanol–water partition coefficient (Wildman–Crippen LogP) is -4.81. The number of carboxylic acid groups (broad SMARTS) is 1. The van der Waals surface area contributed by atoms with Gasteiger partial charge in [-0.3, -0.25) is 39.0 Å². The zero-order valence-electron chi connectivity index (χ0n) is 35.1. The first-order chi connectivity index (χ1) is 27.4. The summed E-state index contributed by atoms with van der Waals surface area (Å²) in [4.78, 5) is 103. The van der Waals surface area contributed by atoms with Gasteiger partial charge in [-0.25, -0.2) is 4.79 Å². The molecule has 0 spiro atoms. The van der Waals surface area contributed by atoms with Crippen LogP contribution in [-0.4, -0.2) is 148 Å². The van der Waals surface area contributed by atoms with Gasteiger partial charge in [0.15, 0.2) is 5.96 Å². The van der Waals surface area contributed by atoms with Gasteiger partial charge in [0, 0.05) is 6.54 Å². The number of carboxylic acids is 1. The quantitative estimate of drug-likeness (QED) is 0.0210. The number of amides is 7. The number of nitrogens with one attached hydrogen (secondary N) is 9. The molecule has 0 rings (SSSR count). The summed E-state index contributed by atoms with van der Waals surface area (Å²) >= 11 is 0. The van der Waals surface area contributed by atoms with Gasteiger partial charge in [0.25, 0.3) is 0 Å². The smallest absolute Gasteiger partial charge is 0.328 e. The topological polar surface area (TPSA) is 390 Å². The van der Waals surface area contributed by atoms with E-state index in [2.05, 4.69) is 37.2 Å². The first kappa shape index (κ1) is 53.9. The highest BCUT2D eigenvalue weighted by Crippen LogP contribution is 2.12. The van der Waals surface area contributed by atoms with Crippen LogP contribution < -0.4 is 54.0 Å². The highest BCUT2D eigenvalue weighted by atomic mass is 16.4. The molecule has 0 radical (unpaired) electrons. The van der Waals surface area contributed by atoms with Crippen molar-refractivity contribution in [1.82, 2.24) is 42.5 Å². The average molecular weight is 846 g/mol. The van der Waals surface area contributed by atoms with E-state index in [0.717, 1.165) is 0 Å². The van der Waals surface area contributed by atoms with Crippen molar-refractivity contribution in [2.24, 2.45) is 29.2 Å². The fourth-order valence-corrected chi connectivity index (χ4v) is 5.33. The van der Waals surface area contributed by atoms with E-state index in [1.54, 1.807) is 41.5 Å². The first-order valence-electron chi connectivity index (χ1n) is 19.5. The maximum Gasteiger partial charge on any atom is 0.328 e. The standard InChI is InChI=1S/C36H67N11O12/c1-9-18(6)26(34(57)47-27(20(8)49)33(56)41-14-24(50)42-19(7)29(52)45-23(15-48)35(58)59)46-30(53)21(11-10-12-40-36(38)39)43-31(54)22(13-16(2)3)44-32(55)25(37)28(51)17(4)5/h16-23,25-28,48-49,51H,9-15,37H2,1-8H3,(H,41,56)(H,42,50)(H,43,54)(H,44,55)(H,45,52)(H,46,53)(H,47,57)(H,58,59)(H4,38,39,40)/t18-,19-,20-,21+,22-,23-,25-,26-,27-,28+/m0/s1. The lowest BCUT2D eigenvalue weighted by Crippen LogP contribution is -2.62. The molecule has 7 amide bonds. The van der Waals surface area contributed by atoms with Crippen molar-refractivity contribution in [1.29, 1.82) is 5.41 Å². The van der Waals surface area contributed by atoms with E-state index in [9.17, 15) is 48.6 Å². The zero-order chi connectivity index (χ0) is 45.7. The molecule has 23 nitrogen and oxygen atoms in total. The Labute approximate surface area is 344 Å². The van der Waals surface area contributed by atoms with E-state index >= 15 is 0 Å². The lowest BCUT2D eigenvalue weighted by Gasteiger charge is -2.30.